The Labute approximate surface area is 133 Å². The van der Waals surface area contributed by atoms with E-state index in [2.05, 4.69) is 60.8 Å². The summed E-state index contributed by atoms with van der Waals surface area (Å²) < 4.78 is 5.84. The Morgan fingerprint density at radius 1 is 0.909 bits per heavy atom. The highest BCUT2D eigenvalue weighted by Crippen LogP contribution is 2.19. The molecule has 2 nitrogen and oxygen atoms in total. The topological polar surface area (TPSA) is 21.3 Å². The Balaban J connectivity index is 1.47. The number of aryl methyl sites for hydroxylation is 1. The van der Waals surface area contributed by atoms with Crippen LogP contribution in [0.1, 0.15) is 42.4 Å². The Morgan fingerprint density at radius 2 is 1.55 bits per heavy atom. The fourth-order valence-electron chi connectivity index (χ4n) is 2.95. The van der Waals surface area contributed by atoms with Crippen LogP contribution in [0.5, 0.6) is 5.75 Å². The molecule has 1 aliphatic carbocycles. The molecule has 2 aromatic carbocycles. The average Bonchev–Trinajstić information content (AvgIpc) is 3.07. The molecule has 0 radical (unpaired) electrons. The minimum atomic E-state index is 0.625. The second-order valence-electron chi connectivity index (χ2n) is 6.28. The molecule has 22 heavy (non-hydrogen) atoms. The van der Waals surface area contributed by atoms with E-state index in [1.165, 1.54) is 42.4 Å². The highest BCUT2D eigenvalue weighted by Gasteiger charge is 2.13. The van der Waals surface area contributed by atoms with Crippen molar-refractivity contribution in [2.45, 2.75) is 51.8 Å². The first kappa shape index (κ1) is 15.1. The van der Waals surface area contributed by atoms with E-state index in [4.69, 9.17) is 4.74 Å². The van der Waals surface area contributed by atoms with Gasteiger partial charge in [0.05, 0.1) is 0 Å². The minimum absolute atomic E-state index is 0.625. The molecule has 0 bridgehead atoms. The Bertz CT molecular complexity index is 568. The van der Waals surface area contributed by atoms with Gasteiger partial charge in [-0.2, -0.15) is 0 Å². The molecule has 2 aromatic rings. The third-order valence-electron chi connectivity index (χ3n) is 4.40. The van der Waals surface area contributed by atoms with Gasteiger partial charge in [0.25, 0.3) is 0 Å². The largest absolute Gasteiger partial charge is 0.489 e. The Morgan fingerprint density at radius 3 is 2.23 bits per heavy atom. The molecular weight excluding hydrogens is 270 g/mol. The summed E-state index contributed by atoms with van der Waals surface area (Å²) in [6.07, 6.45) is 5.42. The first-order valence-corrected chi connectivity index (χ1v) is 8.30. The van der Waals surface area contributed by atoms with Crippen molar-refractivity contribution in [3.8, 4) is 5.75 Å². The van der Waals surface area contributed by atoms with Gasteiger partial charge in [-0.3, -0.25) is 0 Å². The predicted octanol–water partition coefficient (Wildman–Crippen LogP) is 4.61. The molecule has 0 aromatic heterocycles. The lowest BCUT2D eigenvalue weighted by Crippen LogP contribution is -2.25. The van der Waals surface area contributed by atoms with E-state index < -0.39 is 0 Å². The number of hydrogen-bond donors (Lipinski definition) is 1. The van der Waals surface area contributed by atoms with Crippen molar-refractivity contribution in [2.24, 2.45) is 0 Å². The van der Waals surface area contributed by atoms with Crippen molar-refractivity contribution in [1.29, 1.82) is 0 Å². The first-order chi connectivity index (χ1) is 10.8. The van der Waals surface area contributed by atoms with E-state index in [0.717, 1.165) is 18.3 Å². The molecule has 0 saturated heterocycles. The monoisotopic (exact) mass is 295 g/mol. The van der Waals surface area contributed by atoms with Crippen LogP contribution in [0, 0.1) is 6.92 Å². The fraction of sp³-hybridized carbons (Fsp3) is 0.400. The van der Waals surface area contributed by atoms with Crippen LogP contribution in [0.25, 0.3) is 0 Å². The highest BCUT2D eigenvalue weighted by molar-refractivity contribution is 5.28. The van der Waals surface area contributed by atoms with Crippen molar-refractivity contribution in [3.05, 3.63) is 65.2 Å². The molecule has 0 unspecified atom stereocenters. The zero-order valence-electron chi connectivity index (χ0n) is 13.3. The molecule has 0 aliphatic heterocycles. The van der Waals surface area contributed by atoms with Gasteiger partial charge in [0.15, 0.2) is 0 Å². The number of benzene rings is 2. The molecule has 1 aliphatic rings. The number of rotatable bonds is 6. The lowest BCUT2D eigenvalue weighted by atomic mass is 10.1. The second-order valence-corrected chi connectivity index (χ2v) is 6.28. The molecule has 0 spiro atoms. The van der Waals surface area contributed by atoms with Crippen molar-refractivity contribution in [3.63, 3.8) is 0 Å². The van der Waals surface area contributed by atoms with Crippen molar-refractivity contribution in [1.82, 2.24) is 5.32 Å². The van der Waals surface area contributed by atoms with Crippen LogP contribution in [0.4, 0.5) is 0 Å². The molecule has 1 N–H and O–H groups in total. The van der Waals surface area contributed by atoms with Gasteiger partial charge in [-0.25, -0.2) is 0 Å². The van der Waals surface area contributed by atoms with Crippen LogP contribution in [0.15, 0.2) is 48.5 Å². The van der Waals surface area contributed by atoms with Gasteiger partial charge in [0.2, 0.25) is 0 Å². The maximum atomic E-state index is 5.84. The molecule has 1 saturated carbocycles. The van der Waals surface area contributed by atoms with Crippen LogP contribution >= 0.6 is 0 Å². The van der Waals surface area contributed by atoms with Crippen LogP contribution in [-0.4, -0.2) is 6.04 Å². The van der Waals surface area contributed by atoms with Crippen LogP contribution in [0.3, 0.4) is 0 Å². The molecule has 0 atom stereocenters. The summed E-state index contributed by atoms with van der Waals surface area (Å²) in [6, 6.07) is 17.7. The van der Waals surface area contributed by atoms with Gasteiger partial charge in [-0.1, -0.05) is 54.8 Å². The summed E-state index contributed by atoms with van der Waals surface area (Å²) in [6.45, 7) is 3.69. The summed E-state index contributed by atoms with van der Waals surface area (Å²) in [5.74, 6) is 0.935. The third-order valence-corrected chi connectivity index (χ3v) is 4.40. The smallest absolute Gasteiger partial charge is 0.119 e. The maximum Gasteiger partial charge on any atom is 0.119 e. The lowest BCUT2D eigenvalue weighted by Gasteiger charge is -2.12. The predicted molar refractivity (Wildman–Crippen MR) is 91.0 cm³/mol. The van der Waals surface area contributed by atoms with Gasteiger partial charge in [-0.05, 0) is 43.0 Å². The molecule has 3 rings (SSSR count). The number of ether oxygens (including phenoxy) is 1. The van der Waals surface area contributed by atoms with Gasteiger partial charge < -0.3 is 10.1 Å². The highest BCUT2D eigenvalue weighted by atomic mass is 16.5. The van der Waals surface area contributed by atoms with E-state index >= 15 is 0 Å². The van der Waals surface area contributed by atoms with Gasteiger partial charge in [0.1, 0.15) is 12.4 Å². The number of hydrogen-bond acceptors (Lipinski definition) is 2. The van der Waals surface area contributed by atoms with Gasteiger partial charge in [-0.15, -0.1) is 0 Å². The zero-order chi connectivity index (χ0) is 15.2. The molecule has 2 heteroatoms. The van der Waals surface area contributed by atoms with E-state index in [1.807, 2.05) is 0 Å². The standard InChI is InChI=1S/C20H25NO/c1-16-6-8-18(9-7-16)15-22-20-12-10-17(11-13-20)14-21-19-4-2-3-5-19/h6-13,19,21H,2-5,14-15H2,1H3. The maximum absolute atomic E-state index is 5.84. The minimum Gasteiger partial charge on any atom is -0.489 e. The lowest BCUT2D eigenvalue weighted by molar-refractivity contribution is 0.306. The first-order valence-electron chi connectivity index (χ1n) is 8.30. The third kappa shape index (κ3) is 4.35. The molecule has 1 fully saturated rings. The zero-order valence-corrected chi connectivity index (χ0v) is 13.3. The summed E-state index contributed by atoms with van der Waals surface area (Å²) >= 11 is 0. The average molecular weight is 295 g/mol. The summed E-state index contributed by atoms with van der Waals surface area (Å²) in [7, 11) is 0. The summed E-state index contributed by atoms with van der Waals surface area (Å²) in [5.41, 5.74) is 3.81. The SMILES string of the molecule is Cc1ccc(COc2ccc(CNC3CCCC3)cc2)cc1. The van der Waals surface area contributed by atoms with E-state index in [9.17, 15) is 0 Å². The van der Waals surface area contributed by atoms with E-state index in [-0.39, 0.29) is 0 Å². The molecule has 116 valence electrons. The van der Waals surface area contributed by atoms with Crippen LogP contribution in [-0.2, 0) is 13.2 Å². The van der Waals surface area contributed by atoms with Crippen molar-refractivity contribution in [2.75, 3.05) is 0 Å². The van der Waals surface area contributed by atoms with Gasteiger partial charge >= 0.3 is 0 Å². The van der Waals surface area contributed by atoms with Crippen molar-refractivity contribution < 1.29 is 4.74 Å². The number of nitrogens with one attached hydrogen (secondary N) is 1. The van der Waals surface area contributed by atoms with E-state index in [1.54, 1.807) is 0 Å². The Kier molecular flexibility index (Phi) is 5.12. The summed E-state index contributed by atoms with van der Waals surface area (Å²) in [5, 5.41) is 3.64. The summed E-state index contributed by atoms with van der Waals surface area (Å²) in [4.78, 5) is 0. The van der Waals surface area contributed by atoms with Crippen LogP contribution < -0.4 is 10.1 Å². The van der Waals surface area contributed by atoms with Gasteiger partial charge in [0, 0.05) is 12.6 Å². The normalized spacial score (nSPS) is 15.1. The van der Waals surface area contributed by atoms with Crippen LogP contribution in [0.2, 0.25) is 0 Å². The fourth-order valence-corrected chi connectivity index (χ4v) is 2.95. The molecule has 0 amide bonds. The Hall–Kier alpha value is -1.80. The van der Waals surface area contributed by atoms with E-state index in [0.29, 0.717) is 6.61 Å². The second kappa shape index (κ2) is 7.46. The molecular formula is C20H25NO. The van der Waals surface area contributed by atoms with Crippen molar-refractivity contribution >= 4 is 0 Å². The quantitative estimate of drug-likeness (QED) is 0.840. The molecule has 0 heterocycles.